The molecule has 1 rings (SSSR count). The van der Waals surface area contributed by atoms with Crippen molar-refractivity contribution in [3.05, 3.63) is 35.4 Å². The van der Waals surface area contributed by atoms with Crippen LogP contribution in [0.1, 0.15) is 64.0 Å². The molecule has 2 heteroatoms. The van der Waals surface area contributed by atoms with Crippen molar-refractivity contribution in [2.24, 2.45) is 5.92 Å². The molecule has 0 spiro atoms. The first kappa shape index (κ1) is 18.2. The van der Waals surface area contributed by atoms with Gasteiger partial charge in [0, 0.05) is 13.2 Å². The molecule has 0 heterocycles. The lowest BCUT2D eigenvalue weighted by molar-refractivity contribution is 0.117. The molecule has 0 aliphatic heterocycles. The van der Waals surface area contributed by atoms with E-state index in [1.807, 2.05) is 0 Å². The number of rotatable bonds is 11. The zero-order valence-corrected chi connectivity index (χ0v) is 14.3. The van der Waals surface area contributed by atoms with Crippen LogP contribution < -0.4 is 5.32 Å². The van der Waals surface area contributed by atoms with Crippen LogP contribution in [-0.4, -0.2) is 19.7 Å². The Hall–Kier alpha value is -0.860. The third-order valence-electron chi connectivity index (χ3n) is 3.71. The largest absolute Gasteiger partial charge is 0.377 e. The first-order chi connectivity index (χ1) is 10.1. The van der Waals surface area contributed by atoms with Gasteiger partial charge >= 0.3 is 0 Å². The molecule has 0 saturated heterocycles. The summed E-state index contributed by atoms with van der Waals surface area (Å²) in [6, 6.07) is 8.89. The van der Waals surface area contributed by atoms with Gasteiger partial charge in [0.15, 0.2) is 0 Å². The van der Waals surface area contributed by atoms with Gasteiger partial charge in [-0.3, -0.25) is 0 Å². The molecular formula is C19H33NO. The smallest absolute Gasteiger partial charge is 0.0716 e. The Bertz CT molecular complexity index is 358. The highest BCUT2D eigenvalue weighted by molar-refractivity contribution is 5.24. The Morgan fingerprint density at radius 3 is 2.33 bits per heavy atom. The molecule has 120 valence electrons. The Morgan fingerprint density at radius 2 is 1.71 bits per heavy atom. The van der Waals surface area contributed by atoms with Gasteiger partial charge in [-0.15, -0.1) is 0 Å². The maximum Gasteiger partial charge on any atom is 0.0716 e. The summed E-state index contributed by atoms with van der Waals surface area (Å²) in [6.07, 6.45) is 3.69. The van der Waals surface area contributed by atoms with Crippen molar-refractivity contribution < 1.29 is 4.74 Å². The van der Waals surface area contributed by atoms with Crippen molar-refractivity contribution in [2.75, 3.05) is 19.7 Å². The van der Waals surface area contributed by atoms with Gasteiger partial charge in [-0.05, 0) is 35.9 Å². The van der Waals surface area contributed by atoms with Crippen molar-refractivity contribution in [3.63, 3.8) is 0 Å². The van der Waals surface area contributed by atoms with E-state index in [0.717, 1.165) is 26.3 Å². The fourth-order valence-electron chi connectivity index (χ4n) is 2.29. The van der Waals surface area contributed by atoms with E-state index in [-0.39, 0.29) is 0 Å². The number of benzene rings is 1. The van der Waals surface area contributed by atoms with Gasteiger partial charge in [-0.2, -0.15) is 0 Å². The zero-order chi connectivity index (χ0) is 15.5. The van der Waals surface area contributed by atoms with Gasteiger partial charge in [0.1, 0.15) is 0 Å². The van der Waals surface area contributed by atoms with E-state index in [1.165, 1.54) is 30.4 Å². The number of hydrogen-bond donors (Lipinski definition) is 1. The molecule has 1 aromatic rings. The van der Waals surface area contributed by atoms with Crippen LogP contribution in [0.3, 0.4) is 0 Å². The zero-order valence-electron chi connectivity index (χ0n) is 14.3. The van der Waals surface area contributed by atoms with Gasteiger partial charge in [0.2, 0.25) is 0 Å². The average Bonchev–Trinajstić information content (AvgIpc) is 2.47. The van der Waals surface area contributed by atoms with Crippen molar-refractivity contribution in [1.82, 2.24) is 5.32 Å². The molecule has 0 amide bonds. The molecule has 2 nitrogen and oxygen atoms in total. The summed E-state index contributed by atoms with van der Waals surface area (Å²) < 4.78 is 5.70. The van der Waals surface area contributed by atoms with E-state index in [4.69, 9.17) is 4.74 Å². The highest BCUT2D eigenvalue weighted by Crippen LogP contribution is 2.15. The second-order valence-corrected chi connectivity index (χ2v) is 6.45. The molecule has 0 aliphatic rings. The second-order valence-electron chi connectivity index (χ2n) is 6.45. The Labute approximate surface area is 131 Å². The number of ether oxygens (including phenoxy) is 1. The van der Waals surface area contributed by atoms with E-state index in [2.05, 4.69) is 57.3 Å². The van der Waals surface area contributed by atoms with Gasteiger partial charge in [0.25, 0.3) is 0 Å². The molecule has 1 unspecified atom stereocenters. The third kappa shape index (κ3) is 8.23. The predicted octanol–water partition coefficient (Wildman–Crippen LogP) is 4.74. The second kappa shape index (κ2) is 10.8. The summed E-state index contributed by atoms with van der Waals surface area (Å²) in [4.78, 5) is 0. The van der Waals surface area contributed by atoms with Crippen LogP contribution in [0.15, 0.2) is 24.3 Å². The molecule has 0 radical (unpaired) electrons. The van der Waals surface area contributed by atoms with Crippen molar-refractivity contribution in [3.8, 4) is 0 Å². The van der Waals surface area contributed by atoms with Crippen LogP contribution >= 0.6 is 0 Å². The third-order valence-corrected chi connectivity index (χ3v) is 3.71. The highest BCUT2D eigenvalue weighted by Gasteiger charge is 2.05. The molecule has 0 fully saturated rings. The normalized spacial score (nSPS) is 12.8. The van der Waals surface area contributed by atoms with Crippen molar-refractivity contribution >= 4 is 0 Å². The molecular weight excluding hydrogens is 258 g/mol. The molecule has 1 aromatic carbocycles. The minimum atomic E-state index is 0.559. The average molecular weight is 291 g/mol. The number of hydrogen-bond acceptors (Lipinski definition) is 2. The summed E-state index contributed by atoms with van der Waals surface area (Å²) in [5.41, 5.74) is 2.68. The molecule has 0 aliphatic carbocycles. The molecule has 1 N–H and O–H groups in total. The van der Waals surface area contributed by atoms with Gasteiger partial charge in [-0.1, -0.05) is 64.8 Å². The van der Waals surface area contributed by atoms with Crippen LogP contribution in [0.5, 0.6) is 0 Å². The molecule has 0 saturated carbocycles. The van der Waals surface area contributed by atoms with Crippen LogP contribution in [-0.2, 0) is 11.3 Å². The quantitative estimate of drug-likeness (QED) is 0.594. The number of unbranched alkanes of at least 4 members (excludes halogenated alkanes) is 2. The van der Waals surface area contributed by atoms with E-state index < -0.39 is 0 Å². The Kier molecular flexibility index (Phi) is 9.36. The van der Waals surface area contributed by atoms with Crippen LogP contribution in [0.2, 0.25) is 0 Å². The minimum absolute atomic E-state index is 0.559. The van der Waals surface area contributed by atoms with E-state index >= 15 is 0 Å². The van der Waals surface area contributed by atoms with Crippen LogP contribution in [0.25, 0.3) is 0 Å². The maximum atomic E-state index is 5.70. The monoisotopic (exact) mass is 291 g/mol. The van der Waals surface area contributed by atoms with E-state index in [0.29, 0.717) is 11.8 Å². The first-order valence-corrected chi connectivity index (χ1v) is 8.50. The summed E-state index contributed by atoms with van der Waals surface area (Å²) in [5.74, 6) is 1.27. The van der Waals surface area contributed by atoms with Crippen LogP contribution in [0.4, 0.5) is 0 Å². The number of nitrogens with one attached hydrogen (secondary N) is 1. The standard InChI is InChI=1S/C19H33NO/c1-5-6-7-12-21-15-18-8-10-19(11-9-18)17(4)14-20-13-16(2)3/h8-11,16-17,20H,5-7,12-15H2,1-4H3. The SMILES string of the molecule is CCCCCOCc1ccc(C(C)CNCC(C)C)cc1. The Balaban J connectivity index is 2.28. The summed E-state index contributed by atoms with van der Waals surface area (Å²) in [7, 11) is 0. The van der Waals surface area contributed by atoms with Gasteiger partial charge in [0.05, 0.1) is 6.61 Å². The topological polar surface area (TPSA) is 21.3 Å². The molecule has 21 heavy (non-hydrogen) atoms. The first-order valence-electron chi connectivity index (χ1n) is 8.50. The van der Waals surface area contributed by atoms with Gasteiger partial charge < -0.3 is 10.1 Å². The van der Waals surface area contributed by atoms with Crippen molar-refractivity contribution in [2.45, 2.75) is 59.5 Å². The Morgan fingerprint density at radius 1 is 1.00 bits per heavy atom. The predicted molar refractivity (Wildman–Crippen MR) is 91.7 cm³/mol. The molecule has 1 atom stereocenters. The lowest BCUT2D eigenvalue weighted by Crippen LogP contribution is -2.24. The van der Waals surface area contributed by atoms with Crippen LogP contribution in [0, 0.1) is 5.92 Å². The highest BCUT2D eigenvalue weighted by atomic mass is 16.5. The minimum Gasteiger partial charge on any atom is -0.377 e. The van der Waals surface area contributed by atoms with E-state index in [1.54, 1.807) is 0 Å². The van der Waals surface area contributed by atoms with Crippen molar-refractivity contribution in [1.29, 1.82) is 0 Å². The molecule has 0 bridgehead atoms. The van der Waals surface area contributed by atoms with Gasteiger partial charge in [-0.25, -0.2) is 0 Å². The molecule has 0 aromatic heterocycles. The lowest BCUT2D eigenvalue weighted by Gasteiger charge is -2.15. The fourth-order valence-corrected chi connectivity index (χ4v) is 2.29. The maximum absolute atomic E-state index is 5.70. The fraction of sp³-hybridized carbons (Fsp3) is 0.684. The summed E-state index contributed by atoms with van der Waals surface area (Å²) in [5, 5.41) is 3.53. The lowest BCUT2D eigenvalue weighted by atomic mass is 10.00. The summed E-state index contributed by atoms with van der Waals surface area (Å²) in [6.45, 7) is 12.7. The summed E-state index contributed by atoms with van der Waals surface area (Å²) >= 11 is 0. The van der Waals surface area contributed by atoms with E-state index in [9.17, 15) is 0 Å².